The standard InChI is InChI=1S/C7H6FIO4S/c1-12-6-3-2-5(9)4-7(6)13-14(8,10)11/h2-4H,1H3. The molecule has 0 fully saturated rings. The maximum atomic E-state index is 12.2. The van der Waals surface area contributed by atoms with Crippen LogP contribution in [0.3, 0.4) is 0 Å². The molecule has 0 amide bonds. The average Bonchev–Trinajstić information content (AvgIpc) is 2.01. The molecular weight excluding hydrogens is 326 g/mol. The molecule has 0 atom stereocenters. The summed E-state index contributed by atoms with van der Waals surface area (Å²) in [5.41, 5.74) is 0. The molecule has 0 saturated carbocycles. The summed E-state index contributed by atoms with van der Waals surface area (Å²) in [6, 6.07) is 4.52. The summed E-state index contributed by atoms with van der Waals surface area (Å²) in [4.78, 5) is 0. The first-order chi connectivity index (χ1) is 6.42. The van der Waals surface area contributed by atoms with E-state index in [0.717, 1.165) is 0 Å². The molecule has 0 unspecified atom stereocenters. The largest absolute Gasteiger partial charge is 0.493 e. The van der Waals surface area contributed by atoms with Crippen LogP contribution in [-0.4, -0.2) is 15.5 Å². The van der Waals surface area contributed by atoms with Crippen molar-refractivity contribution in [3.8, 4) is 11.5 Å². The van der Waals surface area contributed by atoms with Crippen LogP contribution >= 0.6 is 22.6 Å². The molecule has 0 spiro atoms. The first-order valence-electron chi connectivity index (χ1n) is 3.40. The van der Waals surface area contributed by atoms with Crippen LogP contribution in [0, 0.1) is 3.57 Å². The molecule has 4 nitrogen and oxygen atoms in total. The van der Waals surface area contributed by atoms with E-state index in [4.69, 9.17) is 4.74 Å². The number of hydrogen-bond acceptors (Lipinski definition) is 4. The molecule has 0 saturated heterocycles. The highest BCUT2D eigenvalue weighted by Crippen LogP contribution is 2.29. The molecule has 78 valence electrons. The Kier molecular flexibility index (Phi) is 3.53. The van der Waals surface area contributed by atoms with Gasteiger partial charge in [0, 0.05) is 3.57 Å². The molecule has 0 aromatic heterocycles. The van der Waals surface area contributed by atoms with Crippen molar-refractivity contribution in [1.82, 2.24) is 0 Å². The third-order valence-corrected chi connectivity index (χ3v) is 2.36. The molecule has 14 heavy (non-hydrogen) atoms. The molecule has 0 radical (unpaired) electrons. The summed E-state index contributed by atoms with van der Waals surface area (Å²) in [7, 11) is -3.68. The Morgan fingerprint density at radius 1 is 1.36 bits per heavy atom. The molecular formula is C7H6FIO4S. The normalized spacial score (nSPS) is 11.1. The van der Waals surface area contributed by atoms with Gasteiger partial charge >= 0.3 is 10.5 Å². The van der Waals surface area contributed by atoms with E-state index in [1.54, 1.807) is 6.07 Å². The summed E-state index contributed by atoms with van der Waals surface area (Å²) in [5.74, 6) is -0.00598. The SMILES string of the molecule is COc1ccc(I)cc1OS(=O)(=O)F. The van der Waals surface area contributed by atoms with E-state index < -0.39 is 10.5 Å². The van der Waals surface area contributed by atoms with Crippen LogP contribution < -0.4 is 8.92 Å². The summed E-state index contributed by atoms with van der Waals surface area (Å²) in [6.07, 6.45) is 0. The van der Waals surface area contributed by atoms with E-state index in [0.29, 0.717) is 3.57 Å². The van der Waals surface area contributed by atoms with E-state index in [1.165, 1.54) is 19.2 Å². The number of halogens is 2. The second-order valence-electron chi connectivity index (χ2n) is 2.27. The lowest BCUT2D eigenvalue weighted by Crippen LogP contribution is -2.02. The number of methoxy groups -OCH3 is 1. The van der Waals surface area contributed by atoms with Gasteiger partial charge in [-0.3, -0.25) is 0 Å². The van der Waals surface area contributed by atoms with Gasteiger partial charge in [0.2, 0.25) is 0 Å². The summed E-state index contributed by atoms with van der Waals surface area (Å²) >= 11 is 1.94. The lowest BCUT2D eigenvalue weighted by molar-refractivity contribution is 0.381. The second kappa shape index (κ2) is 4.30. The summed E-state index contributed by atoms with van der Waals surface area (Å²) in [6.45, 7) is 0. The third kappa shape index (κ3) is 3.29. The molecule has 0 aliphatic heterocycles. The fourth-order valence-electron chi connectivity index (χ4n) is 0.823. The maximum Gasteiger partial charge on any atom is 0.488 e. The quantitative estimate of drug-likeness (QED) is 0.627. The molecule has 1 aromatic rings. The van der Waals surface area contributed by atoms with Gasteiger partial charge in [-0.2, -0.15) is 8.42 Å². The Morgan fingerprint density at radius 2 is 2.00 bits per heavy atom. The Hall–Kier alpha value is -0.570. The van der Waals surface area contributed by atoms with Gasteiger partial charge < -0.3 is 8.92 Å². The van der Waals surface area contributed by atoms with Crippen LogP contribution in [-0.2, 0) is 10.5 Å². The Morgan fingerprint density at radius 3 is 2.50 bits per heavy atom. The maximum absolute atomic E-state index is 12.2. The minimum Gasteiger partial charge on any atom is -0.493 e. The van der Waals surface area contributed by atoms with E-state index >= 15 is 0 Å². The molecule has 1 rings (SSSR count). The van der Waals surface area contributed by atoms with Crippen molar-refractivity contribution >= 4 is 33.1 Å². The van der Waals surface area contributed by atoms with Gasteiger partial charge in [0.25, 0.3) is 0 Å². The highest BCUT2D eigenvalue weighted by atomic mass is 127. The van der Waals surface area contributed by atoms with Gasteiger partial charge in [-0.15, -0.1) is 0 Å². The summed E-state index contributed by atoms with van der Waals surface area (Å²) < 4.78 is 42.3. The molecule has 0 aliphatic carbocycles. The number of rotatable bonds is 3. The lowest BCUT2D eigenvalue weighted by atomic mass is 10.3. The van der Waals surface area contributed by atoms with Crippen molar-refractivity contribution in [2.75, 3.05) is 7.11 Å². The number of benzene rings is 1. The van der Waals surface area contributed by atoms with E-state index in [1.807, 2.05) is 22.6 Å². The molecule has 0 heterocycles. The van der Waals surface area contributed by atoms with Gasteiger partial charge in [0.1, 0.15) is 0 Å². The van der Waals surface area contributed by atoms with Gasteiger partial charge in [-0.25, -0.2) is 0 Å². The Labute approximate surface area is 94.6 Å². The van der Waals surface area contributed by atoms with Crippen molar-refractivity contribution in [2.45, 2.75) is 0 Å². The van der Waals surface area contributed by atoms with Crippen molar-refractivity contribution in [2.24, 2.45) is 0 Å². The molecule has 0 aliphatic rings. The van der Waals surface area contributed by atoms with Crippen molar-refractivity contribution in [1.29, 1.82) is 0 Å². The zero-order chi connectivity index (χ0) is 10.8. The second-order valence-corrected chi connectivity index (χ2v) is 4.47. The molecule has 1 aromatic carbocycles. The third-order valence-electron chi connectivity index (χ3n) is 1.31. The Bertz CT molecular complexity index is 431. The van der Waals surface area contributed by atoms with Gasteiger partial charge in [-0.05, 0) is 40.8 Å². The fraction of sp³-hybridized carbons (Fsp3) is 0.143. The van der Waals surface area contributed by atoms with E-state index in [-0.39, 0.29) is 11.5 Å². The zero-order valence-electron chi connectivity index (χ0n) is 7.03. The minimum absolute atomic E-state index is 0.159. The van der Waals surface area contributed by atoms with Crippen LogP contribution in [0.15, 0.2) is 18.2 Å². The molecule has 0 bridgehead atoms. The lowest BCUT2D eigenvalue weighted by Gasteiger charge is -2.06. The first kappa shape index (κ1) is 11.5. The molecule has 7 heteroatoms. The predicted molar refractivity (Wildman–Crippen MR) is 56.4 cm³/mol. The van der Waals surface area contributed by atoms with Crippen LogP contribution in [0.25, 0.3) is 0 Å². The average molecular weight is 332 g/mol. The molecule has 0 N–H and O–H groups in total. The van der Waals surface area contributed by atoms with Gasteiger partial charge in [0.15, 0.2) is 11.5 Å². The number of ether oxygens (including phenoxy) is 1. The zero-order valence-corrected chi connectivity index (χ0v) is 10.0. The van der Waals surface area contributed by atoms with Crippen molar-refractivity contribution in [3.63, 3.8) is 0 Å². The van der Waals surface area contributed by atoms with Gasteiger partial charge in [-0.1, -0.05) is 3.89 Å². The highest BCUT2D eigenvalue weighted by molar-refractivity contribution is 14.1. The monoisotopic (exact) mass is 332 g/mol. The van der Waals surface area contributed by atoms with Crippen molar-refractivity contribution < 1.29 is 21.2 Å². The predicted octanol–water partition coefficient (Wildman–Crippen LogP) is 1.89. The van der Waals surface area contributed by atoms with E-state index in [2.05, 4.69) is 4.18 Å². The minimum atomic E-state index is -5.01. The fourth-order valence-corrected chi connectivity index (χ4v) is 1.63. The topological polar surface area (TPSA) is 52.6 Å². The Balaban J connectivity index is 3.11. The van der Waals surface area contributed by atoms with E-state index in [9.17, 15) is 12.3 Å². The van der Waals surface area contributed by atoms with Crippen molar-refractivity contribution in [3.05, 3.63) is 21.8 Å². The number of hydrogen-bond donors (Lipinski definition) is 0. The van der Waals surface area contributed by atoms with Crippen LogP contribution in [0.2, 0.25) is 0 Å². The first-order valence-corrected chi connectivity index (χ1v) is 5.79. The van der Waals surface area contributed by atoms with Gasteiger partial charge in [0.05, 0.1) is 7.11 Å². The van der Waals surface area contributed by atoms with Crippen LogP contribution in [0.5, 0.6) is 11.5 Å². The van der Waals surface area contributed by atoms with Crippen LogP contribution in [0.1, 0.15) is 0 Å². The smallest absolute Gasteiger partial charge is 0.488 e. The highest BCUT2D eigenvalue weighted by Gasteiger charge is 2.14. The summed E-state index contributed by atoms with van der Waals surface area (Å²) in [5, 5.41) is 0. The van der Waals surface area contributed by atoms with Crippen LogP contribution in [0.4, 0.5) is 3.89 Å².